The zero-order valence-corrected chi connectivity index (χ0v) is 30.6. The summed E-state index contributed by atoms with van der Waals surface area (Å²) in [6.45, 7) is 5.18. The van der Waals surface area contributed by atoms with Crippen molar-refractivity contribution in [2.75, 3.05) is 39.4 Å². The number of amides is 3. The minimum Gasteiger partial charge on any atom is -0.493 e. The second kappa shape index (κ2) is 17.8. The van der Waals surface area contributed by atoms with Crippen molar-refractivity contribution in [2.45, 2.75) is 63.8 Å². The Hall–Kier alpha value is -3.84. The van der Waals surface area contributed by atoms with Gasteiger partial charge in [0.2, 0.25) is 5.91 Å². The average molecular weight is 763 g/mol. The van der Waals surface area contributed by atoms with E-state index in [4.69, 9.17) is 32.9 Å². The van der Waals surface area contributed by atoms with Gasteiger partial charge in [-0.05, 0) is 105 Å². The molecule has 2 aliphatic heterocycles. The van der Waals surface area contributed by atoms with Crippen LogP contribution in [0.15, 0.2) is 71.7 Å². The lowest BCUT2D eigenvalue weighted by Gasteiger charge is -2.39. The van der Waals surface area contributed by atoms with Gasteiger partial charge in [-0.25, -0.2) is 4.79 Å². The van der Waals surface area contributed by atoms with Crippen molar-refractivity contribution in [1.82, 2.24) is 20.4 Å². The number of piperidine rings is 1. The summed E-state index contributed by atoms with van der Waals surface area (Å²) in [5, 5.41) is 16.5. The van der Waals surface area contributed by atoms with Gasteiger partial charge in [-0.15, -0.1) is 0 Å². The van der Waals surface area contributed by atoms with Gasteiger partial charge in [0.1, 0.15) is 24.2 Å². The predicted molar refractivity (Wildman–Crippen MR) is 196 cm³/mol. The van der Waals surface area contributed by atoms with E-state index < -0.39 is 29.9 Å². The number of urea groups is 1. The number of nitrogens with one attached hydrogen (secondary N) is 2. The largest absolute Gasteiger partial charge is 0.493 e. The number of aliphatic hydroxyl groups is 1. The van der Waals surface area contributed by atoms with E-state index in [0.717, 1.165) is 12.1 Å². The van der Waals surface area contributed by atoms with Crippen LogP contribution in [0.4, 0.5) is 18.0 Å². The molecule has 1 saturated heterocycles. The third-order valence-electron chi connectivity index (χ3n) is 9.44. The van der Waals surface area contributed by atoms with Crippen LogP contribution in [0.2, 0.25) is 10.0 Å². The number of carbonyl (C=O) groups excluding carboxylic acids is 2. The van der Waals surface area contributed by atoms with Crippen LogP contribution >= 0.6 is 23.2 Å². The zero-order valence-electron chi connectivity index (χ0n) is 29.1. The Morgan fingerprint density at radius 2 is 1.65 bits per heavy atom. The maximum absolute atomic E-state index is 15.3. The third kappa shape index (κ3) is 9.57. The number of hydrogen-bond donors (Lipinski definition) is 3. The highest BCUT2D eigenvalue weighted by atomic mass is 35.5. The molecule has 0 radical (unpaired) electrons. The van der Waals surface area contributed by atoms with Gasteiger partial charge >= 0.3 is 12.2 Å². The summed E-state index contributed by atoms with van der Waals surface area (Å²) >= 11 is 12.6. The molecule has 9 nitrogen and oxygen atoms in total. The number of aliphatic hydroxyl groups excluding tert-OH is 1. The van der Waals surface area contributed by atoms with Crippen molar-refractivity contribution in [1.29, 1.82) is 0 Å². The fourth-order valence-corrected chi connectivity index (χ4v) is 6.91. The second-order valence-corrected chi connectivity index (χ2v) is 14.0. The summed E-state index contributed by atoms with van der Waals surface area (Å²) in [6.07, 6.45) is -2.19. The minimum atomic E-state index is -4.63. The summed E-state index contributed by atoms with van der Waals surface area (Å²) in [7, 11) is 0. The monoisotopic (exact) mass is 761 g/mol. The number of halogens is 5. The summed E-state index contributed by atoms with van der Waals surface area (Å²) in [5.41, 5.74) is 0.686. The first-order valence-electron chi connectivity index (χ1n) is 17.5. The van der Waals surface area contributed by atoms with E-state index in [1.54, 1.807) is 60.4 Å². The predicted octanol–water partition coefficient (Wildman–Crippen LogP) is 7.65. The molecule has 280 valence electrons. The van der Waals surface area contributed by atoms with Crippen LogP contribution in [0.25, 0.3) is 0 Å². The van der Waals surface area contributed by atoms with Gasteiger partial charge in [0.05, 0.1) is 23.8 Å². The zero-order chi connectivity index (χ0) is 37.4. The van der Waals surface area contributed by atoms with Crippen molar-refractivity contribution >= 4 is 41.0 Å². The van der Waals surface area contributed by atoms with Crippen LogP contribution in [0.3, 0.4) is 0 Å². The number of rotatable bonds is 13. The van der Waals surface area contributed by atoms with Crippen LogP contribution in [0.5, 0.6) is 5.75 Å². The Morgan fingerprint density at radius 1 is 1.02 bits per heavy atom. The van der Waals surface area contributed by atoms with Gasteiger partial charge in [-0.3, -0.25) is 14.7 Å². The van der Waals surface area contributed by atoms with E-state index in [0.29, 0.717) is 66.5 Å². The lowest BCUT2D eigenvalue weighted by molar-refractivity contribution is -0.137. The fraction of sp³-hybridized carbons (Fsp3) is 0.447. The van der Waals surface area contributed by atoms with E-state index >= 15 is 4.79 Å². The Bertz CT molecular complexity index is 1700. The van der Waals surface area contributed by atoms with Crippen LogP contribution in [0, 0.1) is 5.92 Å². The van der Waals surface area contributed by atoms with Crippen LogP contribution in [-0.4, -0.2) is 78.1 Å². The number of ether oxygens (including phenoxy) is 1. The van der Waals surface area contributed by atoms with Crippen LogP contribution in [-0.2, 0) is 11.0 Å². The molecule has 0 saturated carbocycles. The van der Waals surface area contributed by atoms with E-state index in [9.17, 15) is 23.1 Å². The van der Waals surface area contributed by atoms with Gasteiger partial charge in [-0.2, -0.15) is 13.2 Å². The highest BCUT2D eigenvalue weighted by Gasteiger charge is 2.46. The number of hydrogen-bond acceptors (Lipinski definition) is 6. The van der Waals surface area contributed by atoms with E-state index in [2.05, 4.69) is 10.6 Å². The first-order valence-corrected chi connectivity index (χ1v) is 18.3. The average Bonchev–Trinajstić information content (AvgIpc) is 3.51. The first kappa shape index (κ1) is 39.4. The molecule has 2 heterocycles. The third-order valence-corrected chi connectivity index (χ3v) is 9.94. The quantitative estimate of drug-likeness (QED) is 0.166. The SMILES string of the molecule is CCOc1cc(C(F)(F)F)ccc1C1=NC(c2ccc(Cl)cc2)C(c2ccc(Cl)cc2)N1C(=O)N(CC(=O)NCCC(C)CCO)C1CCNCC1. The van der Waals surface area contributed by atoms with Crippen LogP contribution in [0.1, 0.15) is 73.9 Å². The van der Waals surface area contributed by atoms with Gasteiger partial charge in [0.25, 0.3) is 0 Å². The van der Waals surface area contributed by atoms with E-state index in [1.165, 1.54) is 11.0 Å². The van der Waals surface area contributed by atoms with Crippen LogP contribution < -0.4 is 15.4 Å². The minimum absolute atomic E-state index is 0.0581. The molecule has 0 aliphatic carbocycles. The van der Waals surface area contributed by atoms with Crippen molar-refractivity contribution in [3.63, 3.8) is 0 Å². The standard InChI is InChI=1S/C38H44Cl2F3N5O4/c1-3-52-32-22-27(38(41,42)43)8-13-31(32)36-46-34(25-4-9-28(39)10-5-25)35(26-6-11-29(40)12-7-26)48(36)37(51)47(30-15-18-44-19-16-30)23-33(50)45-20-14-24(2)17-21-49/h4-13,22,24,30,34-35,44,49H,3,14-21,23H2,1-2H3,(H,45,50). The van der Waals surface area contributed by atoms with Gasteiger partial charge in [0, 0.05) is 29.2 Å². The summed E-state index contributed by atoms with van der Waals surface area (Å²) < 4.78 is 47.6. The molecule has 3 amide bonds. The number of aliphatic imine (C=N–C) groups is 1. The molecule has 14 heteroatoms. The molecule has 3 atom stereocenters. The first-order chi connectivity index (χ1) is 24.9. The topological polar surface area (TPSA) is 106 Å². The summed E-state index contributed by atoms with van der Waals surface area (Å²) in [5.74, 6) is -0.116. The molecule has 0 spiro atoms. The van der Waals surface area contributed by atoms with Gasteiger partial charge in [0.15, 0.2) is 0 Å². The number of alkyl halides is 3. The molecular weight excluding hydrogens is 718 g/mol. The Labute approximate surface area is 312 Å². The molecule has 3 aromatic carbocycles. The Morgan fingerprint density at radius 3 is 2.25 bits per heavy atom. The number of nitrogens with zero attached hydrogens (tertiary/aromatic N) is 3. The molecule has 2 aliphatic rings. The highest BCUT2D eigenvalue weighted by Crippen LogP contribution is 2.46. The fourth-order valence-electron chi connectivity index (χ4n) is 6.66. The molecule has 3 N–H and O–H groups in total. The second-order valence-electron chi connectivity index (χ2n) is 13.1. The normalized spacial score (nSPS) is 18.5. The Kier molecular flexibility index (Phi) is 13.5. The molecule has 0 aromatic heterocycles. The van der Waals surface area contributed by atoms with Gasteiger partial charge in [-0.1, -0.05) is 54.4 Å². The van der Waals surface area contributed by atoms with Crippen molar-refractivity contribution in [2.24, 2.45) is 10.9 Å². The lowest BCUT2D eigenvalue weighted by atomic mass is 9.93. The molecule has 3 unspecified atom stereocenters. The molecule has 1 fully saturated rings. The van der Waals surface area contributed by atoms with Crippen molar-refractivity contribution in [3.05, 3.63) is 99.0 Å². The maximum atomic E-state index is 15.3. The smallest absolute Gasteiger partial charge is 0.416 e. The molecular formula is C38H44Cl2F3N5O4. The number of benzene rings is 3. The maximum Gasteiger partial charge on any atom is 0.416 e. The van der Waals surface area contributed by atoms with Crippen molar-refractivity contribution < 1.29 is 32.6 Å². The van der Waals surface area contributed by atoms with Crippen molar-refractivity contribution in [3.8, 4) is 5.75 Å². The lowest BCUT2D eigenvalue weighted by Crippen LogP contribution is -2.55. The Balaban J connectivity index is 1.64. The molecule has 52 heavy (non-hydrogen) atoms. The highest BCUT2D eigenvalue weighted by molar-refractivity contribution is 6.30. The van der Waals surface area contributed by atoms with E-state index in [-0.39, 0.29) is 54.8 Å². The summed E-state index contributed by atoms with van der Waals surface area (Å²) in [6, 6.07) is 14.8. The molecule has 0 bridgehead atoms. The summed E-state index contributed by atoms with van der Waals surface area (Å²) in [4.78, 5) is 36.9. The van der Waals surface area contributed by atoms with E-state index in [1.807, 2.05) is 6.92 Å². The van der Waals surface area contributed by atoms with Gasteiger partial charge < -0.3 is 25.4 Å². The number of amidine groups is 1. The molecule has 5 rings (SSSR count). The number of carbonyl (C=O) groups is 2. The molecule has 3 aromatic rings.